The van der Waals surface area contributed by atoms with Crippen molar-refractivity contribution >= 4 is 11.6 Å². The smallest absolute Gasteiger partial charge is 0.388 e. The first-order valence-electron chi connectivity index (χ1n) is 7.84. The molecule has 2 heterocycles. The molecule has 126 valence electrons. The Bertz CT molecular complexity index is 991. The minimum absolute atomic E-state index is 0.0552. The van der Waals surface area contributed by atoms with Crippen LogP contribution in [0.25, 0.3) is 11.5 Å². The molecule has 0 bridgehead atoms. The van der Waals surface area contributed by atoms with E-state index in [2.05, 4.69) is 5.10 Å². The number of amides is 1. The molecule has 0 saturated heterocycles. The molecule has 2 aromatic carbocycles. The monoisotopic (exact) mass is 339 g/mol. The molecular formula is C18H14FN3O3. The van der Waals surface area contributed by atoms with Crippen LogP contribution in [0.4, 0.5) is 10.1 Å². The average Bonchev–Trinajstić information content (AvgIpc) is 3.20. The van der Waals surface area contributed by atoms with Crippen LogP contribution >= 0.6 is 0 Å². The van der Waals surface area contributed by atoms with Gasteiger partial charge in [0.15, 0.2) is 0 Å². The standard InChI is InChI=1S/C18H14FN3O3/c19-14-7-5-13(6-8-14)17-20-22(18(24)25-17)11-16(23)21-10-9-12-3-1-2-4-15(12)21/h1-8H,9-11H2. The fourth-order valence-electron chi connectivity index (χ4n) is 2.93. The lowest BCUT2D eigenvalue weighted by molar-refractivity contribution is -0.119. The van der Waals surface area contributed by atoms with Crippen LogP contribution < -0.4 is 10.7 Å². The number of halogens is 1. The molecule has 1 amide bonds. The minimum atomic E-state index is -0.722. The quantitative estimate of drug-likeness (QED) is 0.734. The van der Waals surface area contributed by atoms with Crippen molar-refractivity contribution in [2.45, 2.75) is 13.0 Å². The van der Waals surface area contributed by atoms with E-state index in [0.717, 1.165) is 22.4 Å². The van der Waals surface area contributed by atoms with E-state index < -0.39 is 11.6 Å². The fraction of sp³-hybridized carbons (Fsp3) is 0.167. The number of nitrogens with zero attached hydrogens (tertiary/aromatic N) is 3. The predicted octanol–water partition coefficient (Wildman–Crippen LogP) is 2.23. The van der Waals surface area contributed by atoms with Crippen molar-refractivity contribution in [2.75, 3.05) is 11.4 Å². The third kappa shape index (κ3) is 2.84. The van der Waals surface area contributed by atoms with E-state index in [-0.39, 0.29) is 18.3 Å². The zero-order valence-electron chi connectivity index (χ0n) is 13.2. The van der Waals surface area contributed by atoms with Gasteiger partial charge in [0.1, 0.15) is 12.4 Å². The van der Waals surface area contributed by atoms with Crippen LogP contribution in [-0.2, 0) is 17.8 Å². The number of hydrogen-bond donors (Lipinski definition) is 0. The lowest BCUT2D eigenvalue weighted by Crippen LogP contribution is -2.35. The zero-order valence-corrected chi connectivity index (χ0v) is 13.2. The molecule has 25 heavy (non-hydrogen) atoms. The number of rotatable bonds is 3. The van der Waals surface area contributed by atoms with Gasteiger partial charge in [0, 0.05) is 17.8 Å². The third-order valence-electron chi connectivity index (χ3n) is 4.17. The second-order valence-electron chi connectivity index (χ2n) is 5.76. The van der Waals surface area contributed by atoms with Crippen LogP contribution in [0.2, 0.25) is 0 Å². The van der Waals surface area contributed by atoms with Crippen molar-refractivity contribution in [3.8, 4) is 11.5 Å². The molecule has 0 saturated carbocycles. The predicted molar refractivity (Wildman–Crippen MR) is 88.7 cm³/mol. The van der Waals surface area contributed by atoms with E-state index in [1.165, 1.54) is 24.3 Å². The van der Waals surface area contributed by atoms with Gasteiger partial charge in [-0.25, -0.2) is 9.18 Å². The molecule has 4 rings (SSSR count). The number of anilines is 1. The molecule has 1 aliphatic heterocycles. The summed E-state index contributed by atoms with van der Waals surface area (Å²) in [6, 6.07) is 13.1. The minimum Gasteiger partial charge on any atom is -0.388 e. The molecule has 7 heteroatoms. The van der Waals surface area contributed by atoms with Crippen LogP contribution in [0, 0.1) is 5.82 Å². The summed E-state index contributed by atoms with van der Waals surface area (Å²) in [6.07, 6.45) is 0.788. The summed E-state index contributed by atoms with van der Waals surface area (Å²) in [6.45, 7) is 0.369. The molecule has 0 N–H and O–H groups in total. The Hall–Kier alpha value is -3.22. The van der Waals surface area contributed by atoms with Gasteiger partial charge in [0.2, 0.25) is 11.8 Å². The van der Waals surface area contributed by atoms with Crippen molar-refractivity contribution < 1.29 is 13.6 Å². The molecule has 0 spiro atoms. The maximum absolute atomic E-state index is 13.0. The van der Waals surface area contributed by atoms with Crippen molar-refractivity contribution in [2.24, 2.45) is 0 Å². The Kier molecular flexibility index (Phi) is 3.68. The Morgan fingerprint density at radius 2 is 1.92 bits per heavy atom. The maximum Gasteiger partial charge on any atom is 0.437 e. The number of aromatic nitrogens is 2. The highest BCUT2D eigenvalue weighted by Gasteiger charge is 2.25. The topological polar surface area (TPSA) is 68.3 Å². The van der Waals surface area contributed by atoms with Gasteiger partial charge < -0.3 is 9.32 Å². The highest BCUT2D eigenvalue weighted by atomic mass is 19.1. The van der Waals surface area contributed by atoms with Crippen molar-refractivity contribution in [1.29, 1.82) is 0 Å². The van der Waals surface area contributed by atoms with E-state index >= 15 is 0 Å². The summed E-state index contributed by atoms with van der Waals surface area (Å²) in [4.78, 5) is 26.2. The Labute approximate surface area is 142 Å². The number of para-hydroxylation sites is 1. The molecular weight excluding hydrogens is 325 g/mol. The van der Waals surface area contributed by atoms with Crippen molar-refractivity contribution in [3.05, 3.63) is 70.5 Å². The lowest BCUT2D eigenvalue weighted by atomic mass is 10.2. The van der Waals surface area contributed by atoms with Gasteiger partial charge in [-0.1, -0.05) is 18.2 Å². The molecule has 1 aromatic heterocycles. The van der Waals surface area contributed by atoms with Crippen LogP contribution in [0.5, 0.6) is 0 Å². The van der Waals surface area contributed by atoms with E-state index in [1.54, 1.807) is 4.90 Å². The van der Waals surface area contributed by atoms with Gasteiger partial charge >= 0.3 is 5.76 Å². The summed E-state index contributed by atoms with van der Waals surface area (Å²) >= 11 is 0. The Morgan fingerprint density at radius 3 is 2.72 bits per heavy atom. The van der Waals surface area contributed by atoms with Crippen LogP contribution in [0.1, 0.15) is 5.56 Å². The Balaban J connectivity index is 1.57. The number of carbonyl (C=O) groups excluding carboxylic acids is 1. The van der Waals surface area contributed by atoms with E-state index in [1.807, 2.05) is 24.3 Å². The third-order valence-corrected chi connectivity index (χ3v) is 4.17. The van der Waals surface area contributed by atoms with Crippen LogP contribution in [0.3, 0.4) is 0 Å². The zero-order chi connectivity index (χ0) is 17.4. The molecule has 6 nitrogen and oxygen atoms in total. The van der Waals surface area contributed by atoms with Gasteiger partial charge in [0.25, 0.3) is 0 Å². The number of carbonyl (C=O) groups is 1. The number of fused-ring (bicyclic) bond motifs is 1. The second-order valence-corrected chi connectivity index (χ2v) is 5.76. The van der Waals surface area contributed by atoms with Gasteiger partial charge in [-0.2, -0.15) is 4.68 Å². The number of hydrogen-bond acceptors (Lipinski definition) is 4. The molecule has 0 aliphatic carbocycles. The summed E-state index contributed by atoms with van der Waals surface area (Å²) in [5, 5.41) is 4.04. The molecule has 0 atom stereocenters. The van der Waals surface area contributed by atoms with E-state index in [0.29, 0.717) is 12.1 Å². The maximum atomic E-state index is 13.0. The van der Waals surface area contributed by atoms with Gasteiger partial charge in [-0.15, -0.1) is 5.10 Å². The summed E-state index contributed by atoms with van der Waals surface area (Å²) in [5.74, 6) is -1.29. The fourth-order valence-corrected chi connectivity index (χ4v) is 2.93. The Morgan fingerprint density at radius 1 is 1.16 bits per heavy atom. The van der Waals surface area contributed by atoms with Gasteiger partial charge in [-0.05, 0) is 42.3 Å². The van der Waals surface area contributed by atoms with Crippen LogP contribution in [-0.4, -0.2) is 22.2 Å². The SMILES string of the molecule is O=C(Cn1nc(-c2ccc(F)cc2)oc1=O)N1CCc2ccccc21. The first-order chi connectivity index (χ1) is 12.1. The highest BCUT2D eigenvalue weighted by molar-refractivity contribution is 5.95. The first kappa shape index (κ1) is 15.3. The first-order valence-corrected chi connectivity index (χ1v) is 7.84. The van der Waals surface area contributed by atoms with E-state index in [9.17, 15) is 14.0 Å². The van der Waals surface area contributed by atoms with Gasteiger partial charge in [0.05, 0.1) is 0 Å². The van der Waals surface area contributed by atoms with Crippen molar-refractivity contribution in [3.63, 3.8) is 0 Å². The number of benzene rings is 2. The average molecular weight is 339 g/mol. The normalized spacial score (nSPS) is 13.1. The van der Waals surface area contributed by atoms with Crippen molar-refractivity contribution in [1.82, 2.24) is 9.78 Å². The van der Waals surface area contributed by atoms with Gasteiger partial charge in [-0.3, -0.25) is 4.79 Å². The van der Waals surface area contributed by atoms with Crippen LogP contribution in [0.15, 0.2) is 57.7 Å². The van der Waals surface area contributed by atoms with E-state index in [4.69, 9.17) is 4.42 Å². The lowest BCUT2D eigenvalue weighted by Gasteiger charge is -2.16. The summed E-state index contributed by atoms with van der Waals surface area (Å²) in [5.41, 5.74) is 2.44. The summed E-state index contributed by atoms with van der Waals surface area (Å²) in [7, 11) is 0. The summed E-state index contributed by atoms with van der Waals surface area (Å²) < 4.78 is 19.0. The highest BCUT2D eigenvalue weighted by Crippen LogP contribution is 2.27. The second kappa shape index (κ2) is 6.01. The largest absolute Gasteiger partial charge is 0.437 e. The molecule has 1 aliphatic rings. The molecule has 3 aromatic rings. The molecule has 0 radical (unpaired) electrons. The molecule has 0 fully saturated rings. The molecule has 0 unspecified atom stereocenters.